The Morgan fingerprint density at radius 3 is 0.691 bits per heavy atom. The summed E-state index contributed by atoms with van der Waals surface area (Å²) in [5.74, 6) is 3.33. The molecule has 0 bridgehead atoms. The number of unbranched alkanes of at least 4 members (excludes halogenated alkanes) is 8. The summed E-state index contributed by atoms with van der Waals surface area (Å²) in [6.45, 7) is 32.8. The highest BCUT2D eigenvalue weighted by Crippen LogP contribution is 2.28. The van der Waals surface area contributed by atoms with Gasteiger partial charge in [0.25, 0.3) is 0 Å². The third kappa shape index (κ3) is 40.5. The van der Waals surface area contributed by atoms with Crippen LogP contribution in [0.5, 0.6) is 23.0 Å². The lowest BCUT2D eigenvalue weighted by molar-refractivity contribution is -0.910. The molecular weight excluding hydrogens is 1180 g/mol. The predicted octanol–water partition coefficient (Wildman–Crippen LogP) is 14.3. The number of methoxy groups -OCH3 is 4. The molecule has 3 rings (SSSR count). The van der Waals surface area contributed by atoms with Crippen LogP contribution in [0.25, 0.3) is 24.3 Å². The molecule has 0 aliphatic rings. The van der Waals surface area contributed by atoms with Crippen molar-refractivity contribution in [2.45, 2.75) is 130 Å². The molecule has 0 aliphatic heterocycles. The van der Waals surface area contributed by atoms with Gasteiger partial charge in [-0.25, -0.2) is 0 Å². The average molecular weight is 1320 g/mol. The van der Waals surface area contributed by atoms with Gasteiger partial charge in [0.2, 0.25) is 0 Å². The van der Waals surface area contributed by atoms with Crippen molar-refractivity contribution in [3.05, 3.63) is 82.9 Å². The van der Waals surface area contributed by atoms with Crippen LogP contribution in [0.15, 0.2) is 60.7 Å². The summed E-state index contributed by atoms with van der Waals surface area (Å²) in [5.41, 5.74) is 4.30. The third-order valence-electron chi connectivity index (χ3n) is 18.2. The molecule has 0 saturated carbocycles. The quantitative estimate of drug-likeness (QED) is 0.0305. The van der Waals surface area contributed by atoms with Gasteiger partial charge >= 0.3 is 0 Å². The van der Waals surface area contributed by atoms with Crippen LogP contribution in [0, 0.1) is 0 Å². The molecule has 0 radical (unpaired) electrons. The molecule has 0 aromatic heterocycles. The zero-order valence-corrected chi connectivity index (χ0v) is 61.9. The molecule has 16 heteroatoms. The van der Waals surface area contributed by atoms with Gasteiger partial charge in [0.15, 0.2) is 0 Å². The van der Waals surface area contributed by atoms with Gasteiger partial charge in [-0.3, -0.25) is 0 Å². The Hall–Kier alpha value is -4.14. The minimum atomic E-state index is 0.630. The monoisotopic (exact) mass is 1320 g/mol. The first kappa shape index (κ1) is 84.1. The smallest absolute Gasteiger partial charge is 0.123 e. The van der Waals surface area contributed by atoms with E-state index in [1.54, 1.807) is 28.4 Å². The van der Waals surface area contributed by atoms with Gasteiger partial charge < -0.3 is 74.8 Å². The number of rotatable bonds is 64. The van der Waals surface area contributed by atoms with Gasteiger partial charge in [0, 0.05) is 40.6 Å². The van der Waals surface area contributed by atoms with Crippen molar-refractivity contribution in [3.8, 4) is 23.0 Å². The fraction of sp³-hybridized carbons (Fsp3) is 0.718. The van der Waals surface area contributed by atoms with Crippen LogP contribution in [-0.4, -0.2) is 259 Å². The lowest BCUT2D eigenvalue weighted by atomic mass is 10.1. The molecule has 94 heavy (non-hydrogen) atoms. The van der Waals surface area contributed by atoms with Gasteiger partial charge in [-0.15, -0.1) is 0 Å². The van der Waals surface area contributed by atoms with Crippen molar-refractivity contribution < 1.29 is 74.8 Å². The second-order valence-electron chi connectivity index (χ2n) is 27.0. The van der Waals surface area contributed by atoms with Crippen molar-refractivity contribution >= 4 is 24.3 Å². The molecule has 0 saturated heterocycles. The largest absolute Gasteiger partial charge is 0.493 e. The van der Waals surface area contributed by atoms with E-state index in [0.717, 1.165) is 220 Å². The molecule has 538 valence electrons. The molecule has 16 nitrogen and oxygen atoms in total. The topological polar surface area (TPSA) is 111 Å². The summed E-state index contributed by atoms with van der Waals surface area (Å²) in [5, 5.41) is 0. The van der Waals surface area contributed by atoms with E-state index >= 15 is 0 Å². The second kappa shape index (κ2) is 52.9. The summed E-state index contributed by atoms with van der Waals surface area (Å²) in [4.78, 5) is 0. The number of quaternary nitrogens is 4. The normalized spacial score (nSPS) is 14.5. The SMILES string of the molecule is CCCC[N+](C)(CCCCOc1cc(/C=C/c2ccc(/C=C/c3cc(OCCCC[N+](C)(CCCC)CCOCCOC)cc(OCCCC[N+](C)(CCCC)CCOCCOC)c3)cc2)cc(OCCCC[N+](C)(CCCC)CCOCCOC)c1)CCOCCOC. The zero-order valence-electron chi connectivity index (χ0n) is 61.9. The zero-order chi connectivity index (χ0) is 68.1. The highest BCUT2D eigenvalue weighted by atomic mass is 16.5. The lowest BCUT2D eigenvalue weighted by Crippen LogP contribution is -2.48. The molecule has 0 spiro atoms. The van der Waals surface area contributed by atoms with E-state index in [0.29, 0.717) is 79.3 Å². The summed E-state index contributed by atoms with van der Waals surface area (Å²) in [6.07, 6.45) is 26.5. The fourth-order valence-electron chi connectivity index (χ4n) is 11.6. The molecule has 0 heterocycles. The van der Waals surface area contributed by atoms with Crippen molar-refractivity contribution in [2.75, 3.05) is 241 Å². The van der Waals surface area contributed by atoms with Crippen molar-refractivity contribution in [2.24, 2.45) is 0 Å². The Balaban J connectivity index is 1.79. The van der Waals surface area contributed by atoms with Crippen LogP contribution in [0.1, 0.15) is 153 Å². The molecule has 3 aromatic carbocycles. The first-order valence-corrected chi connectivity index (χ1v) is 36.6. The maximum Gasteiger partial charge on any atom is 0.123 e. The van der Waals surface area contributed by atoms with Gasteiger partial charge in [-0.1, -0.05) is 102 Å². The van der Waals surface area contributed by atoms with Crippen molar-refractivity contribution in [3.63, 3.8) is 0 Å². The van der Waals surface area contributed by atoms with Crippen LogP contribution in [-0.2, 0) is 37.9 Å². The summed E-state index contributed by atoms with van der Waals surface area (Å²) < 4.78 is 74.6. The summed E-state index contributed by atoms with van der Waals surface area (Å²) in [7, 11) is 16.4. The highest BCUT2D eigenvalue weighted by molar-refractivity contribution is 5.74. The van der Waals surface area contributed by atoms with Crippen molar-refractivity contribution in [1.29, 1.82) is 0 Å². The number of hydrogen-bond acceptors (Lipinski definition) is 12. The van der Waals surface area contributed by atoms with Gasteiger partial charge in [0.1, 0.15) is 49.2 Å². The van der Waals surface area contributed by atoms with Crippen LogP contribution < -0.4 is 18.9 Å². The predicted molar refractivity (Wildman–Crippen MR) is 390 cm³/mol. The van der Waals surface area contributed by atoms with Crippen molar-refractivity contribution in [1.82, 2.24) is 0 Å². The van der Waals surface area contributed by atoms with E-state index in [9.17, 15) is 0 Å². The molecule has 0 amide bonds. The van der Waals surface area contributed by atoms with E-state index in [-0.39, 0.29) is 0 Å². The molecule has 0 aliphatic carbocycles. The second-order valence-corrected chi connectivity index (χ2v) is 27.0. The molecule has 4 atom stereocenters. The number of hydrogen-bond donors (Lipinski definition) is 0. The Labute approximate surface area is 573 Å². The Kier molecular flexibility index (Phi) is 47.3. The molecule has 3 aromatic rings. The average Bonchev–Trinajstić information content (AvgIpc) is 1.01. The maximum absolute atomic E-state index is 6.55. The van der Waals surface area contributed by atoms with Crippen LogP contribution in [0.3, 0.4) is 0 Å². The molecule has 4 unspecified atom stereocenters. The van der Waals surface area contributed by atoms with E-state index in [2.05, 4.69) is 141 Å². The minimum Gasteiger partial charge on any atom is -0.493 e. The lowest BCUT2D eigenvalue weighted by Gasteiger charge is -2.34. The first-order valence-electron chi connectivity index (χ1n) is 36.6. The minimum absolute atomic E-state index is 0.630. The standard InChI is InChI=1S/C78H138N4O12/c1-13-17-37-79(5,45-53-87-61-57-83-9)41-21-25-49-91-75-65-73(66-76(69-75)92-50-26-22-42-80(6,38-18-14-2)46-54-88-62-58-84-10)35-33-71-29-31-72(32-30-71)34-36-74-67-77(93-51-27-23-43-81(7,39-19-15-3)47-55-89-63-59-85-11)70-78(68-74)94-52-28-24-44-82(8,40-20-16-4)48-56-90-64-60-86-12/h29-36,65-70H,13-28,37-64H2,1-12H3/q+4/b35-33+,36-34+. The molecule has 0 fully saturated rings. The summed E-state index contributed by atoms with van der Waals surface area (Å²) >= 11 is 0. The first-order chi connectivity index (χ1) is 45.7. The number of ether oxygens (including phenoxy) is 12. The number of nitrogens with zero attached hydrogens (tertiary/aromatic N) is 4. The van der Waals surface area contributed by atoms with Crippen LogP contribution >= 0.6 is 0 Å². The number of benzene rings is 3. The molecule has 0 N–H and O–H groups in total. The van der Waals surface area contributed by atoms with E-state index < -0.39 is 0 Å². The summed E-state index contributed by atoms with van der Waals surface area (Å²) in [6, 6.07) is 21.4. The van der Waals surface area contributed by atoms with Gasteiger partial charge in [-0.05, 0) is 124 Å². The highest BCUT2D eigenvalue weighted by Gasteiger charge is 2.24. The Morgan fingerprint density at radius 1 is 0.245 bits per heavy atom. The van der Waals surface area contributed by atoms with E-state index in [1.807, 2.05) is 0 Å². The third-order valence-corrected chi connectivity index (χ3v) is 18.2. The molecular formula is C78H138N4O12+4. The fourth-order valence-corrected chi connectivity index (χ4v) is 11.6. The van der Waals surface area contributed by atoms with Gasteiger partial charge in [-0.2, -0.15) is 0 Å². The van der Waals surface area contributed by atoms with E-state index in [4.69, 9.17) is 56.8 Å². The Morgan fingerprint density at radius 2 is 0.468 bits per heavy atom. The number of likely N-dealkylation sites (N-methyl/N-ethyl adjacent to an activating group) is 4. The maximum atomic E-state index is 6.55. The van der Waals surface area contributed by atoms with E-state index in [1.165, 1.54) is 51.4 Å². The van der Waals surface area contributed by atoms with Crippen LogP contribution in [0.2, 0.25) is 0 Å². The van der Waals surface area contributed by atoms with Gasteiger partial charge in [0.05, 0.1) is 186 Å². The Bertz CT molecular complexity index is 2080. The van der Waals surface area contributed by atoms with Crippen LogP contribution in [0.4, 0.5) is 0 Å².